The van der Waals surface area contributed by atoms with Crippen LogP contribution in [-0.2, 0) is 0 Å². The number of likely N-dealkylation sites (tertiary alicyclic amines) is 1. The molecule has 1 N–H and O–H groups in total. The number of benzene rings is 1. The van der Waals surface area contributed by atoms with Crippen molar-refractivity contribution in [2.45, 2.75) is 25.4 Å². The number of hydrogen-bond acceptors (Lipinski definition) is 4. The highest BCUT2D eigenvalue weighted by atomic mass is 35.5. The monoisotopic (exact) mass is 319 g/mol. The van der Waals surface area contributed by atoms with Crippen LogP contribution in [0, 0.1) is 6.92 Å². The lowest BCUT2D eigenvalue weighted by Crippen LogP contribution is -2.38. The Hall–Kier alpha value is -1.85. The maximum absolute atomic E-state index is 12.3. The molecule has 1 aliphatic heterocycles. The minimum Gasteiger partial charge on any atom is -0.351 e. The summed E-state index contributed by atoms with van der Waals surface area (Å²) in [5.74, 6) is 0.0294. The normalized spacial score (nSPS) is 22.0. The van der Waals surface area contributed by atoms with Gasteiger partial charge < -0.3 is 9.84 Å². The number of carbonyl (C=O) groups excluding carboxylic acids is 1. The van der Waals surface area contributed by atoms with E-state index in [1.807, 2.05) is 24.3 Å². The average Bonchev–Trinajstić information content (AvgIpc) is 3.07. The molecule has 0 radical (unpaired) electrons. The molecule has 0 aliphatic carbocycles. The van der Waals surface area contributed by atoms with Gasteiger partial charge in [0.2, 0.25) is 5.76 Å². The third-order valence-electron chi connectivity index (χ3n) is 4.03. The zero-order valence-electron chi connectivity index (χ0n) is 12.5. The molecule has 2 aromatic rings. The molecule has 0 spiro atoms. The van der Waals surface area contributed by atoms with Gasteiger partial charge in [-0.1, -0.05) is 28.9 Å². The van der Waals surface area contributed by atoms with E-state index >= 15 is 0 Å². The molecule has 1 amide bonds. The lowest BCUT2D eigenvalue weighted by atomic mass is 10.00. The molecule has 6 heteroatoms. The number of aromatic nitrogens is 1. The summed E-state index contributed by atoms with van der Waals surface area (Å²) >= 11 is 5.96. The third kappa shape index (κ3) is 3.00. The van der Waals surface area contributed by atoms with E-state index < -0.39 is 0 Å². The van der Waals surface area contributed by atoms with Gasteiger partial charge in [-0.15, -0.1) is 0 Å². The highest BCUT2D eigenvalue weighted by Crippen LogP contribution is 2.31. The number of nitrogens with zero attached hydrogens (tertiary/aromatic N) is 2. The molecule has 1 saturated heterocycles. The maximum atomic E-state index is 12.3. The van der Waals surface area contributed by atoms with Crippen molar-refractivity contribution < 1.29 is 9.32 Å². The average molecular weight is 320 g/mol. The Morgan fingerprint density at radius 3 is 2.77 bits per heavy atom. The zero-order chi connectivity index (χ0) is 15.7. The highest BCUT2D eigenvalue weighted by Gasteiger charge is 2.34. The van der Waals surface area contributed by atoms with Gasteiger partial charge in [-0.3, -0.25) is 9.69 Å². The van der Waals surface area contributed by atoms with Crippen molar-refractivity contribution in [3.63, 3.8) is 0 Å². The van der Waals surface area contributed by atoms with Crippen LogP contribution >= 0.6 is 11.6 Å². The molecule has 1 aromatic heterocycles. The number of nitrogens with one attached hydrogen (secondary N) is 1. The number of halogens is 1. The van der Waals surface area contributed by atoms with Crippen LogP contribution in [0.4, 0.5) is 0 Å². The standard InChI is InChI=1S/C16H18ClN3O2/c1-10-9-14(22-19-10)16(21)18-13-7-8-20(2)15(13)11-3-5-12(17)6-4-11/h3-6,9,13,15H,7-8H2,1-2H3,(H,18,21)/t13-,15-/m1/s1. The summed E-state index contributed by atoms with van der Waals surface area (Å²) < 4.78 is 5.03. The first-order valence-electron chi connectivity index (χ1n) is 7.24. The van der Waals surface area contributed by atoms with Crippen molar-refractivity contribution in [1.29, 1.82) is 0 Å². The molecule has 1 aliphatic rings. The van der Waals surface area contributed by atoms with Gasteiger partial charge >= 0.3 is 0 Å². The van der Waals surface area contributed by atoms with Crippen molar-refractivity contribution in [3.8, 4) is 0 Å². The molecule has 116 valence electrons. The minimum absolute atomic E-state index is 0.0316. The van der Waals surface area contributed by atoms with Crippen molar-refractivity contribution in [3.05, 3.63) is 52.4 Å². The number of hydrogen-bond donors (Lipinski definition) is 1. The molecule has 2 atom stereocenters. The van der Waals surface area contributed by atoms with Gasteiger partial charge in [-0.25, -0.2) is 0 Å². The lowest BCUT2D eigenvalue weighted by Gasteiger charge is -2.26. The lowest BCUT2D eigenvalue weighted by molar-refractivity contribution is 0.0890. The highest BCUT2D eigenvalue weighted by molar-refractivity contribution is 6.30. The van der Waals surface area contributed by atoms with Crippen LogP contribution in [0.2, 0.25) is 5.02 Å². The second-order valence-electron chi connectivity index (χ2n) is 5.68. The van der Waals surface area contributed by atoms with Gasteiger partial charge in [-0.05, 0) is 38.1 Å². The zero-order valence-corrected chi connectivity index (χ0v) is 13.3. The summed E-state index contributed by atoms with van der Waals surface area (Å²) in [6.07, 6.45) is 0.892. The fourth-order valence-electron chi connectivity index (χ4n) is 2.95. The van der Waals surface area contributed by atoms with E-state index in [1.54, 1.807) is 13.0 Å². The summed E-state index contributed by atoms with van der Waals surface area (Å²) in [5.41, 5.74) is 1.84. The largest absolute Gasteiger partial charge is 0.351 e. The molecule has 5 nitrogen and oxygen atoms in total. The summed E-state index contributed by atoms with van der Waals surface area (Å²) in [6, 6.07) is 9.57. The van der Waals surface area contributed by atoms with Crippen LogP contribution in [0.3, 0.4) is 0 Å². The number of amides is 1. The number of likely N-dealkylation sites (N-methyl/N-ethyl adjacent to an activating group) is 1. The van der Waals surface area contributed by atoms with Gasteiger partial charge in [0.25, 0.3) is 5.91 Å². The molecule has 1 fully saturated rings. The maximum Gasteiger partial charge on any atom is 0.290 e. The Labute approximate surface area is 134 Å². The second kappa shape index (κ2) is 6.10. The Balaban J connectivity index is 1.77. The van der Waals surface area contributed by atoms with E-state index in [0.717, 1.165) is 18.5 Å². The summed E-state index contributed by atoms with van der Waals surface area (Å²) in [4.78, 5) is 14.5. The van der Waals surface area contributed by atoms with E-state index in [9.17, 15) is 4.79 Å². The molecular weight excluding hydrogens is 302 g/mol. The van der Waals surface area contributed by atoms with Crippen LogP contribution < -0.4 is 5.32 Å². The van der Waals surface area contributed by atoms with Gasteiger partial charge in [0.1, 0.15) is 0 Å². The number of carbonyl (C=O) groups is 1. The molecule has 2 heterocycles. The minimum atomic E-state index is -0.222. The molecule has 1 aromatic carbocycles. The van der Waals surface area contributed by atoms with Crippen LogP contribution in [0.5, 0.6) is 0 Å². The predicted octanol–water partition coefficient (Wildman–Crippen LogP) is 2.81. The van der Waals surface area contributed by atoms with E-state index in [2.05, 4.69) is 22.4 Å². The van der Waals surface area contributed by atoms with Gasteiger partial charge in [0, 0.05) is 17.6 Å². The van der Waals surface area contributed by atoms with Crippen LogP contribution in [-0.4, -0.2) is 35.6 Å². The van der Waals surface area contributed by atoms with E-state index in [1.165, 1.54) is 0 Å². The summed E-state index contributed by atoms with van der Waals surface area (Å²) in [5, 5.41) is 7.52. The fourth-order valence-corrected chi connectivity index (χ4v) is 3.08. The second-order valence-corrected chi connectivity index (χ2v) is 6.11. The number of aryl methyl sites for hydroxylation is 1. The van der Waals surface area contributed by atoms with Crippen molar-refractivity contribution in [2.24, 2.45) is 0 Å². The van der Waals surface area contributed by atoms with Crippen molar-refractivity contribution >= 4 is 17.5 Å². The first kappa shape index (κ1) is 15.1. The first-order chi connectivity index (χ1) is 10.5. The molecule has 0 bridgehead atoms. The quantitative estimate of drug-likeness (QED) is 0.945. The predicted molar refractivity (Wildman–Crippen MR) is 83.9 cm³/mol. The Bertz CT molecular complexity index is 668. The van der Waals surface area contributed by atoms with E-state index in [-0.39, 0.29) is 23.8 Å². The van der Waals surface area contributed by atoms with E-state index in [4.69, 9.17) is 16.1 Å². The molecule has 3 rings (SSSR count). The van der Waals surface area contributed by atoms with Gasteiger partial charge in [-0.2, -0.15) is 0 Å². The topological polar surface area (TPSA) is 58.4 Å². The van der Waals surface area contributed by atoms with Gasteiger partial charge in [0.05, 0.1) is 17.8 Å². The Morgan fingerprint density at radius 1 is 1.41 bits per heavy atom. The smallest absolute Gasteiger partial charge is 0.290 e. The Morgan fingerprint density at radius 2 is 2.14 bits per heavy atom. The molecule has 22 heavy (non-hydrogen) atoms. The molecular formula is C16H18ClN3O2. The number of rotatable bonds is 3. The van der Waals surface area contributed by atoms with Crippen LogP contribution in [0.15, 0.2) is 34.9 Å². The van der Waals surface area contributed by atoms with Crippen molar-refractivity contribution in [2.75, 3.05) is 13.6 Å². The fraction of sp³-hybridized carbons (Fsp3) is 0.375. The van der Waals surface area contributed by atoms with E-state index in [0.29, 0.717) is 10.7 Å². The Kier molecular flexibility index (Phi) is 4.18. The summed E-state index contributed by atoms with van der Waals surface area (Å²) in [7, 11) is 2.06. The third-order valence-corrected chi connectivity index (χ3v) is 4.28. The molecule has 0 unspecified atom stereocenters. The molecule has 0 saturated carbocycles. The summed E-state index contributed by atoms with van der Waals surface area (Å²) in [6.45, 7) is 2.72. The van der Waals surface area contributed by atoms with Crippen LogP contribution in [0.25, 0.3) is 0 Å². The van der Waals surface area contributed by atoms with Gasteiger partial charge in [0.15, 0.2) is 0 Å². The van der Waals surface area contributed by atoms with Crippen LogP contribution in [0.1, 0.15) is 34.3 Å². The SMILES string of the molecule is Cc1cc(C(=O)N[C@@H]2CCN(C)[C@@H]2c2ccc(Cl)cc2)on1. The first-order valence-corrected chi connectivity index (χ1v) is 7.62. The van der Waals surface area contributed by atoms with Crippen molar-refractivity contribution in [1.82, 2.24) is 15.4 Å².